The van der Waals surface area contributed by atoms with Crippen molar-refractivity contribution in [2.75, 3.05) is 34.3 Å². The molecule has 1 N–H and O–H groups in total. The molecule has 0 heterocycles. The van der Waals surface area contributed by atoms with E-state index >= 15 is 0 Å². The summed E-state index contributed by atoms with van der Waals surface area (Å²) in [5.41, 5.74) is 3.23. The second-order valence-corrected chi connectivity index (χ2v) is 7.08. The predicted octanol–water partition coefficient (Wildman–Crippen LogP) is 2.52. The number of aryl methyl sites for hydroxylation is 1. The van der Waals surface area contributed by atoms with Crippen LogP contribution in [-0.4, -0.2) is 45.1 Å². The molecular formula is C18H30N2O2. The van der Waals surface area contributed by atoms with Gasteiger partial charge in [-0.25, -0.2) is 0 Å². The SMILES string of the molecule is COc1c(CC(=O)NCCN(C)C)cc(C)cc1C(C)(C)C. The molecule has 22 heavy (non-hydrogen) atoms. The Balaban J connectivity index is 2.95. The molecule has 4 heteroatoms. The molecule has 0 unspecified atom stereocenters. The molecule has 1 aromatic carbocycles. The first-order chi connectivity index (χ1) is 10.1. The molecule has 0 atom stereocenters. The van der Waals surface area contributed by atoms with Crippen molar-refractivity contribution in [3.05, 3.63) is 28.8 Å². The number of hydrogen-bond donors (Lipinski definition) is 1. The van der Waals surface area contributed by atoms with Gasteiger partial charge in [-0.2, -0.15) is 0 Å². The lowest BCUT2D eigenvalue weighted by molar-refractivity contribution is -0.120. The zero-order valence-corrected chi connectivity index (χ0v) is 15.0. The Morgan fingerprint density at radius 3 is 2.41 bits per heavy atom. The second-order valence-electron chi connectivity index (χ2n) is 7.08. The summed E-state index contributed by atoms with van der Waals surface area (Å²) in [4.78, 5) is 14.2. The molecule has 0 aromatic heterocycles. The van der Waals surface area contributed by atoms with Crippen LogP contribution in [0.5, 0.6) is 5.75 Å². The summed E-state index contributed by atoms with van der Waals surface area (Å²) < 4.78 is 5.61. The maximum absolute atomic E-state index is 12.1. The van der Waals surface area contributed by atoms with E-state index in [0.717, 1.165) is 29.0 Å². The smallest absolute Gasteiger partial charge is 0.224 e. The van der Waals surface area contributed by atoms with Crippen LogP contribution in [-0.2, 0) is 16.6 Å². The van der Waals surface area contributed by atoms with Gasteiger partial charge in [0.05, 0.1) is 13.5 Å². The van der Waals surface area contributed by atoms with Crippen molar-refractivity contribution in [2.24, 2.45) is 0 Å². The van der Waals surface area contributed by atoms with E-state index in [1.807, 2.05) is 25.1 Å². The predicted molar refractivity (Wildman–Crippen MR) is 91.7 cm³/mol. The van der Waals surface area contributed by atoms with E-state index in [9.17, 15) is 4.79 Å². The molecule has 0 bridgehead atoms. The number of hydrogen-bond acceptors (Lipinski definition) is 3. The van der Waals surface area contributed by atoms with Gasteiger partial charge in [-0.1, -0.05) is 38.5 Å². The molecule has 0 radical (unpaired) electrons. The minimum Gasteiger partial charge on any atom is -0.496 e. The van der Waals surface area contributed by atoms with Crippen LogP contribution >= 0.6 is 0 Å². The fourth-order valence-electron chi connectivity index (χ4n) is 2.43. The van der Waals surface area contributed by atoms with Gasteiger partial charge in [-0.15, -0.1) is 0 Å². The second kappa shape index (κ2) is 7.63. The van der Waals surface area contributed by atoms with E-state index in [2.05, 4.69) is 39.1 Å². The number of nitrogens with one attached hydrogen (secondary N) is 1. The van der Waals surface area contributed by atoms with Gasteiger partial charge in [0.15, 0.2) is 0 Å². The first-order valence-corrected chi connectivity index (χ1v) is 7.74. The van der Waals surface area contributed by atoms with Crippen LogP contribution in [0.15, 0.2) is 12.1 Å². The molecule has 1 rings (SSSR count). The normalized spacial score (nSPS) is 11.6. The van der Waals surface area contributed by atoms with Crippen LogP contribution in [0, 0.1) is 6.92 Å². The fraction of sp³-hybridized carbons (Fsp3) is 0.611. The molecule has 0 saturated carbocycles. The van der Waals surface area contributed by atoms with Crippen molar-refractivity contribution < 1.29 is 9.53 Å². The molecule has 0 spiro atoms. The van der Waals surface area contributed by atoms with Crippen molar-refractivity contribution in [2.45, 2.75) is 39.5 Å². The van der Waals surface area contributed by atoms with Crippen LogP contribution in [0.2, 0.25) is 0 Å². The van der Waals surface area contributed by atoms with Gasteiger partial charge in [0, 0.05) is 24.2 Å². The summed E-state index contributed by atoms with van der Waals surface area (Å²) in [5, 5.41) is 2.96. The number of carbonyl (C=O) groups excluding carboxylic acids is 1. The van der Waals surface area contributed by atoms with Crippen LogP contribution in [0.1, 0.15) is 37.5 Å². The Hall–Kier alpha value is -1.55. The topological polar surface area (TPSA) is 41.6 Å². The zero-order chi connectivity index (χ0) is 16.9. The number of benzene rings is 1. The molecule has 0 aliphatic carbocycles. The highest BCUT2D eigenvalue weighted by atomic mass is 16.5. The summed E-state index contributed by atoms with van der Waals surface area (Å²) in [6.07, 6.45) is 0.349. The highest BCUT2D eigenvalue weighted by Gasteiger charge is 2.22. The minimum atomic E-state index is -0.0203. The number of methoxy groups -OCH3 is 1. The minimum absolute atomic E-state index is 0.0203. The number of likely N-dealkylation sites (N-methyl/N-ethyl adjacent to an activating group) is 1. The number of amides is 1. The van der Waals surface area contributed by atoms with E-state index in [1.54, 1.807) is 7.11 Å². The molecule has 124 valence electrons. The van der Waals surface area contributed by atoms with Gasteiger partial charge in [-0.05, 0) is 26.4 Å². The summed E-state index contributed by atoms with van der Waals surface area (Å²) in [6.45, 7) is 10.0. The largest absolute Gasteiger partial charge is 0.496 e. The first-order valence-electron chi connectivity index (χ1n) is 7.74. The van der Waals surface area contributed by atoms with Crippen molar-refractivity contribution in [1.82, 2.24) is 10.2 Å². The highest BCUT2D eigenvalue weighted by Crippen LogP contribution is 2.35. The van der Waals surface area contributed by atoms with Crippen molar-refractivity contribution in [1.29, 1.82) is 0 Å². The lowest BCUT2D eigenvalue weighted by atomic mass is 9.83. The van der Waals surface area contributed by atoms with Gasteiger partial charge in [-0.3, -0.25) is 4.79 Å². The lowest BCUT2D eigenvalue weighted by Gasteiger charge is -2.25. The Morgan fingerprint density at radius 1 is 1.27 bits per heavy atom. The maximum atomic E-state index is 12.1. The Bertz CT molecular complexity index is 517. The van der Waals surface area contributed by atoms with Crippen LogP contribution in [0.25, 0.3) is 0 Å². The monoisotopic (exact) mass is 306 g/mol. The van der Waals surface area contributed by atoms with E-state index in [0.29, 0.717) is 13.0 Å². The van der Waals surface area contributed by atoms with E-state index in [4.69, 9.17) is 4.74 Å². The lowest BCUT2D eigenvalue weighted by Crippen LogP contribution is -2.32. The number of carbonyl (C=O) groups is 1. The van der Waals surface area contributed by atoms with E-state index < -0.39 is 0 Å². The average Bonchev–Trinajstić information content (AvgIpc) is 2.36. The third kappa shape index (κ3) is 5.34. The molecule has 1 amide bonds. The van der Waals surface area contributed by atoms with Gasteiger partial charge in [0.25, 0.3) is 0 Å². The van der Waals surface area contributed by atoms with Crippen molar-refractivity contribution >= 4 is 5.91 Å². The fourth-order valence-corrected chi connectivity index (χ4v) is 2.43. The van der Waals surface area contributed by atoms with Gasteiger partial charge in [0.1, 0.15) is 5.75 Å². The maximum Gasteiger partial charge on any atom is 0.224 e. The molecule has 0 saturated heterocycles. The Labute approximate surface area is 134 Å². The summed E-state index contributed by atoms with van der Waals surface area (Å²) in [7, 11) is 5.66. The molecule has 1 aromatic rings. The van der Waals surface area contributed by atoms with Gasteiger partial charge in [0.2, 0.25) is 5.91 Å². The third-order valence-electron chi connectivity index (χ3n) is 3.55. The van der Waals surface area contributed by atoms with Crippen LogP contribution in [0.4, 0.5) is 0 Å². The molecule has 0 fully saturated rings. The molecule has 4 nitrogen and oxygen atoms in total. The summed E-state index contributed by atoms with van der Waals surface area (Å²) in [6, 6.07) is 4.19. The number of nitrogens with zero attached hydrogens (tertiary/aromatic N) is 1. The number of rotatable bonds is 6. The van der Waals surface area contributed by atoms with E-state index in [-0.39, 0.29) is 11.3 Å². The Morgan fingerprint density at radius 2 is 1.91 bits per heavy atom. The molecular weight excluding hydrogens is 276 g/mol. The van der Waals surface area contributed by atoms with Crippen molar-refractivity contribution in [3.8, 4) is 5.75 Å². The first kappa shape index (κ1) is 18.5. The summed E-state index contributed by atoms with van der Waals surface area (Å²) in [5.74, 6) is 0.867. The zero-order valence-electron chi connectivity index (χ0n) is 15.0. The number of ether oxygens (including phenoxy) is 1. The van der Waals surface area contributed by atoms with Crippen molar-refractivity contribution in [3.63, 3.8) is 0 Å². The standard InChI is InChI=1S/C18H30N2O2/c1-13-10-14(12-16(21)19-8-9-20(5)6)17(22-7)15(11-13)18(2,3)4/h10-11H,8-9,12H2,1-7H3,(H,19,21). The summed E-state index contributed by atoms with van der Waals surface area (Å²) >= 11 is 0. The van der Waals surface area contributed by atoms with E-state index in [1.165, 1.54) is 0 Å². The Kier molecular flexibility index (Phi) is 6.42. The van der Waals surface area contributed by atoms with Crippen LogP contribution < -0.4 is 10.1 Å². The molecule has 0 aliphatic rings. The average molecular weight is 306 g/mol. The third-order valence-corrected chi connectivity index (χ3v) is 3.55. The highest BCUT2D eigenvalue weighted by molar-refractivity contribution is 5.79. The quantitative estimate of drug-likeness (QED) is 0.878. The van der Waals surface area contributed by atoms with Gasteiger partial charge < -0.3 is 15.0 Å². The molecule has 0 aliphatic heterocycles. The van der Waals surface area contributed by atoms with Crippen LogP contribution in [0.3, 0.4) is 0 Å². The van der Waals surface area contributed by atoms with Gasteiger partial charge >= 0.3 is 0 Å².